The summed E-state index contributed by atoms with van der Waals surface area (Å²) in [6, 6.07) is 23.1. The maximum absolute atomic E-state index is 5.87. The lowest BCUT2D eigenvalue weighted by Gasteiger charge is -2.08. The molecule has 0 aromatic heterocycles. The topological polar surface area (TPSA) is 9.23 Å². The molecule has 0 bridgehead atoms. The molecule has 0 heterocycles. The summed E-state index contributed by atoms with van der Waals surface area (Å²) in [6.45, 7) is 0.605. The molecule has 0 unspecified atom stereocenters. The van der Waals surface area contributed by atoms with Gasteiger partial charge in [-0.1, -0.05) is 70.5 Å². The highest BCUT2D eigenvalue weighted by Crippen LogP contribution is 2.23. The quantitative estimate of drug-likeness (QED) is 0.568. The minimum Gasteiger partial charge on any atom is -0.489 e. The first kappa shape index (κ1) is 14.2. The largest absolute Gasteiger partial charge is 0.489 e. The molecule has 0 aliphatic rings. The van der Waals surface area contributed by atoms with Crippen molar-refractivity contribution < 1.29 is 4.74 Å². The third kappa shape index (κ3) is 3.64. The van der Waals surface area contributed by atoms with E-state index in [1.54, 1.807) is 0 Å². The van der Waals surface area contributed by atoms with Crippen LogP contribution in [0.5, 0.6) is 5.75 Å². The van der Waals surface area contributed by atoms with Crippen LogP contribution in [0, 0.1) is 0 Å². The molecule has 0 atom stereocenters. The van der Waals surface area contributed by atoms with Gasteiger partial charge in [0.15, 0.2) is 0 Å². The third-order valence-electron chi connectivity index (χ3n) is 3.51. The summed E-state index contributed by atoms with van der Waals surface area (Å²) in [4.78, 5) is 0. The van der Waals surface area contributed by atoms with E-state index >= 15 is 0 Å². The molecule has 0 radical (unpaired) electrons. The van der Waals surface area contributed by atoms with E-state index in [1.165, 1.54) is 21.9 Å². The molecule has 2 heteroatoms. The lowest BCUT2D eigenvalue weighted by atomic mass is 10.1. The fraction of sp³-hybridized carbons (Fsp3) is 0.158. The Morgan fingerprint density at radius 3 is 2.33 bits per heavy atom. The van der Waals surface area contributed by atoms with Crippen molar-refractivity contribution in [1.29, 1.82) is 0 Å². The maximum atomic E-state index is 5.87. The molecule has 21 heavy (non-hydrogen) atoms. The molecule has 0 spiro atoms. The van der Waals surface area contributed by atoms with Crippen LogP contribution in [0.15, 0.2) is 66.7 Å². The normalized spacial score (nSPS) is 10.7. The molecule has 3 rings (SSSR count). The van der Waals surface area contributed by atoms with Gasteiger partial charge in [-0.15, -0.1) is 0 Å². The highest BCUT2D eigenvalue weighted by atomic mass is 79.9. The van der Waals surface area contributed by atoms with Crippen molar-refractivity contribution in [2.45, 2.75) is 13.0 Å². The third-order valence-corrected chi connectivity index (χ3v) is 3.90. The second kappa shape index (κ2) is 6.77. The number of alkyl halides is 1. The zero-order chi connectivity index (χ0) is 14.5. The van der Waals surface area contributed by atoms with Gasteiger partial charge in [0, 0.05) is 5.33 Å². The summed E-state index contributed by atoms with van der Waals surface area (Å²) in [5, 5.41) is 3.48. The summed E-state index contributed by atoms with van der Waals surface area (Å²) < 4.78 is 5.87. The van der Waals surface area contributed by atoms with E-state index in [1.807, 2.05) is 24.3 Å². The van der Waals surface area contributed by atoms with Gasteiger partial charge in [0.05, 0.1) is 0 Å². The second-order valence-corrected chi connectivity index (χ2v) is 5.85. The zero-order valence-electron chi connectivity index (χ0n) is 11.8. The number of aryl methyl sites for hydroxylation is 1. The fourth-order valence-corrected chi connectivity index (χ4v) is 2.83. The van der Waals surface area contributed by atoms with E-state index in [0.717, 1.165) is 17.5 Å². The molecule has 3 aromatic carbocycles. The number of benzene rings is 3. The molecular weight excluding hydrogens is 324 g/mol. The van der Waals surface area contributed by atoms with Crippen LogP contribution in [0.2, 0.25) is 0 Å². The van der Waals surface area contributed by atoms with Crippen LogP contribution in [0.25, 0.3) is 10.8 Å². The van der Waals surface area contributed by atoms with Crippen LogP contribution in [-0.2, 0) is 13.0 Å². The summed E-state index contributed by atoms with van der Waals surface area (Å²) >= 11 is 3.48. The number of halogens is 1. The van der Waals surface area contributed by atoms with Gasteiger partial charge in [0.25, 0.3) is 0 Å². The standard InChI is InChI=1S/C19H17BrO/c20-11-10-15-6-7-18-13-19(9-8-17(18)12-15)21-14-16-4-2-1-3-5-16/h1-9,12-13H,10-11,14H2. The van der Waals surface area contributed by atoms with Crippen molar-refractivity contribution in [1.82, 2.24) is 0 Å². The Morgan fingerprint density at radius 1 is 0.762 bits per heavy atom. The fourth-order valence-electron chi connectivity index (χ4n) is 2.37. The van der Waals surface area contributed by atoms with Gasteiger partial charge < -0.3 is 4.74 Å². The van der Waals surface area contributed by atoms with Gasteiger partial charge in [-0.2, -0.15) is 0 Å². The lowest BCUT2D eigenvalue weighted by Crippen LogP contribution is -1.94. The van der Waals surface area contributed by atoms with Crippen LogP contribution < -0.4 is 4.74 Å². The van der Waals surface area contributed by atoms with Gasteiger partial charge in [-0.25, -0.2) is 0 Å². The molecule has 0 aliphatic carbocycles. The Morgan fingerprint density at radius 2 is 1.52 bits per heavy atom. The molecule has 0 N–H and O–H groups in total. The minimum atomic E-state index is 0.605. The zero-order valence-corrected chi connectivity index (χ0v) is 13.3. The first-order chi connectivity index (χ1) is 10.3. The Balaban J connectivity index is 1.76. The van der Waals surface area contributed by atoms with E-state index in [2.05, 4.69) is 58.4 Å². The smallest absolute Gasteiger partial charge is 0.120 e. The predicted octanol–water partition coefficient (Wildman–Crippen LogP) is 5.36. The Labute approximate surface area is 133 Å². The van der Waals surface area contributed by atoms with Crippen LogP contribution in [0.4, 0.5) is 0 Å². The molecule has 3 aromatic rings. The number of ether oxygens (including phenoxy) is 1. The summed E-state index contributed by atoms with van der Waals surface area (Å²) in [7, 11) is 0. The number of fused-ring (bicyclic) bond motifs is 1. The lowest BCUT2D eigenvalue weighted by molar-refractivity contribution is 0.306. The van der Waals surface area contributed by atoms with Gasteiger partial charge in [-0.05, 0) is 40.5 Å². The van der Waals surface area contributed by atoms with Crippen LogP contribution in [0.1, 0.15) is 11.1 Å². The van der Waals surface area contributed by atoms with Crippen molar-refractivity contribution in [2.24, 2.45) is 0 Å². The number of hydrogen-bond donors (Lipinski definition) is 0. The highest BCUT2D eigenvalue weighted by Gasteiger charge is 2.00. The molecule has 0 amide bonds. The van der Waals surface area contributed by atoms with Crippen molar-refractivity contribution in [3.8, 4) is 5.75 Å². The van der Waals surface area contributed by atoms with Gasteiger partial charge in [-0.3, -0.25) is 0 Å². The predicted molar refractivity (Wildman–Crippen MR) is 92.2 cm³/mol. The second-order valence-electron chi connectivity index (χ2n) is 5.06. The van der Waals surface area contributed by atoms with Gasteiger partial charge in [0.2, 0.25) is 0 Å². The number of hydrogen-bond acceptors (Lipinski definition) is 1. The maximum Gasteiger partial charge on any atom is 0.120 e. The molecular formula is C19H17BrO. The Bertz CT molecular complexity index is 722. The SMILES string of the molecule is BrCCc1ccc2cc(OCc3ccccc3)ccc2c1. The average molecular weight is 341 g/mol. The highest BCUT2D eigenvalue weighted by molar-refractivity contribution is 9.09. The summed E-state index contributed by atoms with van der Waals surface area (Å²) in [6.07, 6.45) is 1.06. The molecule has 0 saturated heterocycles. The minimum absolute atomic E-state index is 0.605. The first-order valence-corrected chi connectivity index (χ1v) is 8.23. The van der Waals surface area contributed by atoms with Crippen LogP contribution in [-0.4, -0.2) is 5.33 Å². The molecule has 0 saturated carbocycles. The first-order valence-electron chi connectivity index (χ1n) is 7.10. The van der Waals surface area contributed by atoms with Crippen LogP contribution >= 0.6 is 15.9 Å². The van der Waals surface area contributed by atoms with E-state index in [9.17, 15) is 0 Å². The van der Waals surface area contributed by atoms with Crippen molar-refractivity contribution in [3.05, 3.63) is 77.9 Å². The monoisotopic (exact) mass is 340 g/mol. The Hall–Kier alpha value is -1.80. The summed E-state index contributed by atoms with van der Waals surface area (Å²) in [5.41, 5.74) is 2.54. The van der Waals surface area contributed by atoms with E-state index < -0.39 is 0 Å². The number of rotatable bonds is 5. The van der Waals surface area contributed by atoms with Gasteiger partial charge in [0.1, 0.15) is 12.4 Å². The molecule has 1 nitrogen and oxygen atoms in total. The Kier molecular flexibility index (Phi) is 4.56. The molecule has 106 valence electrons. The van der Waals surface area contributed by atoms with E-state index in [4.69, 9.17) is 4.74 Å². The van der Waals surface area contributed by atoms with E-state index in [0.29, 0.717) is 6.61 Å². The molecule has 0 aliphatic heterocycles. The van der Waals surface area contributed by atoms with Gasteiger partial charge >= 0.3 is 0 Å². The molecule has 0 fully saturated rings. The van der Waals surface area contributed by atoms with E-state index in [-0.39, 0.29) is 0 Å². The van der Waals surface area contributed by atoms with Crippen molar-refractivity contribution in [2.75, 3.05) is 5.33 Å². The summed E-state index contributed by atoms with van der Waals surface area (Å²) in [5.74, 6) is 0.916. The average Bonchev–Trinajstić information content (AvgIpc) is 2.54. The van der Waals surface area contributed by atoms with Crippen LogP contribution in [0.3, 0.4) is 0 Å². The van der Waals surface area contributed by atoms with Crippen molar-refractivity contribution in [3.63, 3.8) is 0 Å². The van der Waals surface area contributed by atoms with Crippen molar-refractivity contribution >= 4 is 26.7 Å².